The third-order valence-corrected chi connectivity index (χ3v) is 5.30. The van der Waals surface area contributed by atoms with Gasteiger partial charge in [0.15, 0.2) is 0 Å². The zero-order valence-electron chi connectivity index (χ0n) is 11.6. The number of hydrogen-bond donors (Lipinski definition) is 0. The number of hydrogen-bond acceptors (Lipinski definition) is 0. The summed E-state index contributed by atoms with van der Waals surface area (Å²) in [4.78, 5) is 0. The van der Waals surface area contributed by atoms with Crippen molar-refractivity contribution in [3.05, 3.63) is 35.5 Å². The Bertz CT molecular complexity index is 383. The number of fused-ring (bicyclic) bond motifs is 1. The molecule has 0 aromatic rings. The Morgan fingerprint density at radius 2 is 1.67 bits per heavy atom. The molecule has 0 heteroatoms. The van der Waals surface area contributed by atoms with E-state index in [0.717, 1.165) is 11.8 Å². The van der Waals surface area contributed by atoms with Crippen LogP contribution < -0.4 is 0 Å². The van der Waals surface area contributed by atoms with Gasteiger partial charge in [-0.2, -0.15) is 0 Å². The molecule has 0 amide bonds. The van der Waals surface area contributed by atoms with Gasteiger partial charge in [0, 0.05) is 0 Å². The monoisotopic (exact) mass is 242 g/mol. The van der Waals surface area contributed by atoms with Crippen molar-refractivity contribution in [2.45, 2.75) is 64.2 Å². The summed E-state index contributed by atoms with van der Waals surface area (Å²) >= 11 is 0. The van der Waals surface area contributed by atoms with E-state index in [1.807, 2.05) is 0 Å². The van der Waals surface area contributed by atoms with Crippen molar-refractivity contribution >= 4 is 0 Å². The van der Waals surface area contributed by atoms with Crippen LogP contribution in [0.2, 0.25) is 0 Å². The Morgan fingerprint density at radius 3 is 2.56 bits per heavy atom. The minimum atomic E-state index is 0.937. The van der Waals surface area contributed by atoms with Gasteiger partial charge in [0.05, 0.1) is 0 Å². The van der Waals surface area contributed by atoms with E-state index in [2.05, 4.69) is 18.7 Å². The summed E-state index contributed by atoms with van der Waals surface area (Å²) < 4.78 is 0. The summed E-state index contributed by atoms with van der Waals surface area (Å²) in [5.41, 5.74) is 4.69. The lowest BCUT2D eigenvalue weighted by Crippen LogP contribution is -2.16. The molecule has 3 aliphatic carbocycles. The van der Waals surface area contributed by atoms with E-state index >= 15 is 0 Å². The fraction of sp³-hybridized carbons (Fsp3) is 0.667. The SMILES string of the molecule is C=C1CCCC/C1=C/C=C1\CCCC2CCCC12. The molecule has 0 spiro atoms. The maximum absolute atomic E-state index is 4.23. The van der Waals surface area contributed by atoms with Gasteiger partial charge >= 0.3 is 0 Å². The summed E-state index contributed by atoms with van der Waals surface area (Å²) in [6.07, 6.45) is 18.8. The van der Waals surface area contributed by atoms with Crippen LogP contribution in [0.5, 0.6) is 0 Å². The average molecular weight is 242 g/mol. The predicted molar refractivity (Wildman–Crippen MR) is 78.5 cm³/mol. The highest BCUT2D eigenvalue weighted by molar-refractivity contribution is 5.34. The molecule has 0 bridgehead atoms. The van der Waals surface area contributed by atoms with Gasteiger partial charge in [0.2, 0.25) is 0 Å². The summed E-state index contributed by atoms with van der Waals surface area (Å²) in [5.74, 6) is 1.96. The van der Waals surface area contributed by atoms with Crippen LogP contribution in [0.4, 0.5) is 0 Å². The second-order valence-electron chi connectivity index (χ2n) is 6.43. The minimum absolute atomic E-state index is 0.937. The lowest BCUT2D eigenvalue weighted by Gasteiger charge is -2.28. The lowest BCUT2D eigenvalue weighted by atomic mass is 9.77. The Kier molecular flexibility index (Phi) is 3.72. The van der Waals surface area contributed by atoms with Gasteiger partial charge < -0.3 is 0 Å². The smallest absolute Gasteiger partial charge is 0.0172 e. The molecule has 18 heavy (non-hydrogen) atoms. The summed E-state index contributed by atoms with van der Waals surface area (Å²) in [7, 11) is 0. The average Bonchev–Trinajstić information content (AvgIpc) is 2.86. The van der Waals surface area contributed by atoms with Crippen LogP contribution in [0.15, 0.2) is 35.5 Å². The first-order valence-electron chi connectivity index (χ1n) is 7.92. The summed E-state index contributed by atoms with van der Waals surface area (Å²) in [6.45, 7) is 4.23. The first kappa shape index (κ1) is 12.3. The van der Waals surface area contributed by atoms with Crippen LogP contribution in [-0.4, -0.2) is 0 Å². The standard InChI is InChI=1S/C18H26/c1-14-6-2-3-7-15(14)12-13-17-9-4-8-16-10-5-11-18(16)17/h12-13,16,18H,1-11H2/b15-12-,17-13+. The molecule has 0 aliphatic heterocycles. The third-order valence-electron chi connectivity index (χ3n) is 5.30. The van der Waals surface area contributed by atoms with E-state index in [-0.39, 0.29) is 0 Å². The summed E-state index contributed by atoms with van der Waals surface area (Å²) in [5, 5.41) is 0. The molecule has 0 saturated heterocycles. The van der Waals surface area contributed by atoms with Crippen molar-refractivity contribution in [3.8, 4) is 0 Å². The molecule has 2 unspecified atom stereocenters. The molecule has 3 saturated carbocycles. The van der Waals surface area contributed by atoms with Crippen LogP contribution in [-0.2, 0) is 0 Å². The Hall–Kier alpha value is -0.780. The Labute approximate surface area is 112 Å². The second kappa shape index (κ2) is 5.47. The highest BCUT2D eigenvalue weighted by atomic mass is 14.4. The van der Waals surface area contributed by atoms with E-state index in [4.69, 9.17) is 0 Å². The molecule has 2 atom stereocenters. The number of rotatable bonds is 1. The van der Waals surface area contributed by atoms with Gasteiger partial charge in [-0.15, -0.1) is 0 Å². The normalized spacial score (nSPS) is 37.2. The second-order valence-corrected chi connectivity index (χ2v) is 6.43. The van der Waals surface area contributed by atoms with Crippen LogP contribution in [0, 0.1) is 11.8 Å². The summed E-state index contributed by atoms with van der Waals surface area (Å²) in [6, 6.07) is 0. The molecule has 0 nitrogen and oxygen atoms in total. The predicted octanol–water partition coefficient (Wildman–Crippen LogP) is 5.57. The third kappa shape index (κ3) is 2.48. The van der Waals surface area contributed by atoms with Crippen molar-refractivity contribution in [2.24, 2.45) is 11.8 Å². The van der Waals surface area contributed by atoms with Gasteiger partial charge in [-0.05, 0) is 75.2 Å². The quantitative estimate of drug-likeness (QED) is 0.564. The lowest BCUT2D eigenvalue weighted by molar-refractivity contribution is 0.349. The van der Waals surface area contributed by atoms with Crippen molar-refractivity contribution in [2.75, 3.05) is 0 Å². The van der Waals surface area contributed by atoms with Crippen molar-refractivity contribution < 1.29 is 0 Å². The fourth-order valence-electron chi connectivity index (χ4n) is 4.23. The van der Waals surface area contributed by atoms with E-state index in [0.29, 0.717) is 0 Å². The zero-order valence-corrected chi connectivity index (χ0v) is 11.6. The van der Waals surface area contributed by atoms with Crippen molar-refractivity contribution in [1.29, 1.82) is 0 Å². The van der Waals surface area contributed by atoms with Crippen molar-refractivity contribution in [3.63, 3.8) is 0 Å². The number of allylic oxidation sites excluding steroid dienone is 5. The van der Waals surface area contributed by atoms with Crippen LogP contribution >= 0.6 is 0 Å². The molecule has 0 heterocycles. The van der Waals surface area contributed by atoms with Gasteiger partial charge in [-0.1, -0.05) is 36.3 Å². The molecule has 3 aliphatic rings. The first-order valence-corrected chi connectivity index (χ1v) is 7.92. The van der Waals surface area contributed by atoms with Gasteiger partial charge in [0.1, 0.15) is 0 Å². The molecule has 0 N–H and O–H groups in total. The first-order chi connectivity index (χ1) is 8.84. The molecular weight excluding hydrogens is 216 g/mol. The van der Waals surface area contributed by atoms with E-state index in [1.165, 1.54) is 75.4 Å². The fourth-order valence-corrected chi connectivity index (χ4v) is 4.23. The van der Waals surface area contributed by atoms with E-state index in [9.17, 15) is 0 Å². The highest BCUT2D eigenvalue weighted by Gasteiger charge is 2.32. The molecule has 0 aromatic carbocycles. The topological polar surface area (TPSA) is 0 Å². The van der Waals surface area contributed by atoms with E-state index in [1.54, 1.807) is 5.57 Å². The maximum atomic E-state index is 4.23. The van der Waals surface area contributed by atoms with Crippen LogP contribution in [0.25, 0.3) is 0 Å². The van der Waals surface area contributed by atoms with Crippen molar-refractivity contribution in [1.82, 2.24) is 0 Å². The molecule has 98 valence electrons. The molecule has 3 rings (SSSR count). The van der Waals surface area contributed by atoms with Gasteiger partial charge in [-0.3, -0.25) is 0 Å². The van der Waals surface area contributed by atoms with Gasteiger partial charge in [0.25, 0.3) is 0 Å². The van der Waals surface area contributed by atoms with Gasteiger partial charge in [-0.25, -0.2) is 0 Å². The Balaban J connectivity index is 1.74. The highest BCUT2D eigenvalue weighted by Crippen LogP contribution is 2.45. The molecule has 0 aromatic heterocycles. The Morgan fingerprint density at radius 1 is 0.833 bits per heavy atom. The molecule has 0 radical (unpaired) electrons. The largest absolute Gasteiger partial charge is 0.0956 e. The molecule has 3 fully saturated rings. The van der Waals surface area contributed by atoms with Crippen LogP contribution in [0.1, 0.15) is 64.2 Å². The zero-order chi connectivity index (χ0) is 12.4. The van der Waals surface area contributed by atoms with E-state index < -0.39 is 0 Å². The molecular formula is C18H26. The minimum Gasteiger partial charge on any atom is -0.0956 e. The maximum Gasteiger partial charge on any atom is -0.0172 e. The van der Waals surface area contributed by atoms with Crippen LogP contribution in [0.3, 0.4) is 0 Å².